The summed E-state index contributed by atoms with van der Waals surface area (Å²) in [6.07, 6.45) is 0.658. The first-order valence-corrected chi connectivity index (χ1v) is 7.12. The van der Waals surface area contributed by atoms with Crippen molar-refractivity contribution in [2.24, 2.45) is 5.73 Å². The Morgan fingerprint density at radius 3 is 2.43 bits per heavy atom. The number of carbonyl (C=O) groups is 1. The van der Waals surface area contributed by atoms with E-state index in [1.807, 2.05) is 24.3 Å². The van der Waals surface area contributed by atoms with Crippen molar-refractivity contribution in [1.82, 2.24) is 0 Å². The quantitative estimate of drug-likeness (QED) is 0.892. The van der Waals surface area contributed by atoms with Crippen LogP contribution in [0.3, 0.4) is 0 Å². The fourth-order valence-corrected chi connectivity index (χ4v) is 2.50. The van der Waals surface area contributed by atoms with E-state index in [-0.39, 0.29) is 5.78 Å². The second kappa shape index (κ2) is 7.25. The molecule has 2 aromatic rings. The van der Waals surface area contributed by atoms with Gasteiger partial charge in [0.25, 0.3) is 0 Å². The molecular formula is C17H18ClNO2. The van der Waals surface area contributed by atoms with Crippen molar-refractivity contribution < 1.29 is 9.53 Å². The number of Topliss-reactive ketones (excluding diaryl/α,β-unsaturated/α-hetero) is 1. The average molecular weight is 304 g/mol. The lowest BCUT2D eigenvalue weighted by Crippen LogP contribution is -2.10. The lowest BCUT2D eigenvalue weighted by molar-refractivity contribution is -0.117. The SMILES string of the molecule is COc1ccc(Cl)cc1CC(=O)Cc1ccccc1CN. The van der Waals surface area contributed by atoms with Crippen molar-refractivity contribution in [3.63, 3.8) is 0 Å². The van der Waals surface area contributed by atoms with Crippen molar-refractivity contribution in [3.8, 4) is 5.75 Å². The van der Waals surface area contributed by atoms with Gasteiger partial charge in [0, 0.05) is 30.0 Å². The molecule has 2 N–H and O–H groups in total. The van der Waals surface area contributed by atoms with E-state index in [0.29, 0.717) is 30.2 Å². The second-order valence-corrected chi connectivity index (χ2v) is 5.26. The first-order chi connectivity index (χ1) is 10.1. The Hall–Kier alpha value is -1.84. The molecule has 21 heavy (non-hydrogen) atoms. The summed E-state index contributed by atoms with van der Waals surface area (Å²) in [7, 11) is 1.58. The fraction of sp³-hybridized carbons (Fsp3) is 0.235. The van der Waals surface area contributed by atoms with Crippen LogP contribution in [-0.4, -0.2) is 12.9 Å². The standard InChI is InChI=1S/C17H18ClNO2/c1-21-17-7-6-15(18)8-14(17)10-16(20)9-12-4-2-3-5-13(12)11-19/h2-8H,9-11,19H2,1H3. The first-order valence-electron chi connectivity index (χ1n) is 6.75. The molecule has 4 heteroatoms. The van der Waals surface area contributed by atoms with Gasteiger partial charge < -0.3 is 10.5 Å². The number of benzene rings is 2. The molecule has 0 aromatic heterocycles. The summed E-state index contributed by atoms with van der Waals surface area (Å²) in [6.45, 7) is 0.434. The number of rotatable bonds is 6. The molecule has 0 unspecified atom stereocenters. The molecule has 0 bridgehead atoms. The van der Waals surface area contributed by atoms with Gasteiger partial charge in [-0.2, -0.15) is 0 Å². The summed E-state index contributed by atoms with van der Waals surface area (Å²) in [6, 6.07) is 13.0. The minimum Gasteiger partial charge on any atom is -0.496 e. The molecule has 0 fully saturated rings. The van der Waals surface area contributed by atoms with Crippen LogP contribution in [0, 0.1) is 0 Å². The predicted molar refractivity (Wildman–Crippen MR) is 84.8 cm³/mol. The van der Waals surface area contributed by atoms with E-state index >= 15 is 0 Å². The average Bonchev–Trinajstić information content (AvgIpc) is 2.48. The largest absolute Gasteiger partial charge is 0.496 e. The second-order valence-electron chi connectivity index (χ2n) is 4.82. The van der Waals surface area contributed by atoms with E-state index in [9.17, 15) is 4.79 Å². The zero-order valence-corrected chi connectivity index (χ0v) is 12.7. The van der Waals surface area contributed by atoms with Gasteiger partial charge in [0.2, 0.25) is 0 Å². The molecule has 2 aromatic carbocycles. The van der Waals surface area contributed by atoms with Crippen LogP contribution >= 0.6 is 11.6 Å². The maximum absolute atomic E-state index is 12.3. The van der Waals surface area contributed by atoms with Crippen LogP contribution < -0.4 is 10.5 Å². The number of ketones is 1. The van der Waals surface area contributed by atoms with Crippen molar-refractivity contribution in [2.75, 3.05) is 7.11 Å². The third kappa shape index (κ3) is 4.06. The van der Waals surface area contributed by atoms with E-state index < -0.39 is 0 Å². The first kappa shape index (κ1) is 15.5. The van der Waals surface area contributed by atoms with Crippen LogP contribution in [-0.2, 0) is 24.2 Å². The van der Waals surface area contributed by atoms with Gasteiger partial charge in [0.05, 0.1) is 7.11 Å². The summed E-state index contributed by atoms with van der Waals surface area (Å²) in [5.74, 6) is 0.788. The molecule has 0 aliphatic rings. The summed E-state index contributed by atoms with van der Waals surface area (Å²) >= 11 is 5.98. The zero-order valence-electron chi connectivity index (χ0n) is 11.9. The maximum Gasteiger partial charge on any atom is 0.141 e. The number of hydrogen-bond acceptors (Lipinski definition) is 3. The van der Waals surface area contributed by atoms with E-state index in [2.05, 4.69) is 0 Å². The molecule has 110 valence electrons. The number of ether oxygens (including phenoxy) is 1. The summed E-state index contributed by atoms with van der Waals surface area (Å²) in [5.41, 5.74) is 8.48. The predicted octanol–water partition coefficient (Wildman–Crippen LogP) is 3.16. The number of carbonyl (C=O) groups excluding carboxylic acids is 1. The van der Waals surface area contributed by atoms with Crippen LogP contribution in [0.15, 0.2) is 42.5 Å². The van der Waals surface area contributed by atoms with Crippen molar-refractivity contribution in [2.45, 2.75) is 19.4 Å². The highest BCUT2D eigenvalue weighted by atomic mass is 35.5. The summed E-state index contributed by atoms with van der Waals surface area (Å²) in [5, 5.41) is 0.598. The Balaban J connectivity index is 2.13. The minimum absolute atomic E-state index is 0.108. The highest BCUT2D eigenvalue weighted by Gasteiger charge is 2.12. The van der Waals surface area contributed by atoms with E-state index in [4.69, 9.17) is 22.1 Å². The smallest absolute Gasteiger partial charge is 0.141 e. The third-order valence-corrected chi connectivity index (χ3v) is 3.59. The Bertz CT molecular complexity index is 640. The van der Waals surface area contributed by atoms with Crippen LogP contribution in [0.5, 0.6) is 5.75 Å². The molecule has 0 saturated heterocycles. The Morgan fingerprint density at radius 2 is 1.76 bits per heavy atom. The molecule has 0 atom stereocenters. The molecular weight excluding hydrogens is 286 g/mol. The summed E-state index contributed by atoms with van der Waals surface area (Å²) in [4.78, 5) is 12.3. The Labute approximate surface area is 129 Å². The molecule has 0 aliphatic carbocycles. The number of halogens is 1. The highest BCUT2D eigenvalue weighted by molar-refractivity contribution is 6.30. The van der Waals surface area contributed by atoms with E-state index in [1.165, 1.54) is 0 Å². The highest BCUT2D eigenvalue weighted by Crippen LogP contribution is 2.23. The Morgan fingerprint density at radius 1 is 1.10 bits per heavy atom. The van der Waals surface area contributed by atoms with E-state index in [0.717, 1.165) is 16.7 Å². The van der Waals surface area contributed by atoms with Gasteiger partial charge in [-0.1, -0.05) is 35.9 Å². The van der Waals surface area contributed by atoms with Crippen LogP contribution in [0.25, 0.3) is 0 Å². The van der Waals surface area contributed by atoms with Gasteiger partial charge in [-0.3, -0.25) is 4.79 Å². The van der Waals surface area contributed by atoms with Gasteiger partial charge in [-0.15, -0.1) is 0 Å². The van der Waals surface area contributed by atoms with Crippen molar-refractivity contribution in [1.29, 1.82) is 0 Å². The van der Waals surface area contributed by atoms with Gasteiger partial charge >= 0.3 is 0 Å². The topological polar surface area (TPSA) is 52.3 Å². The van der Waals surface area contributed by atoms with Crippen LogP contribution in [0.4, 0.5) is 0 Å². The molecule has 0 heterocycles. The normalized spacial score (nSPS) is 10.4. The van der Waals surface area contributed by atoms with Crippen molar-refractivity contribution >= 4 is 17.4 Å². The lowest BCUT2D eigenvalue weighted by Gasteiger charge is -2.10. The van der Waals surface area contributed by atoms with Gasteiger partial charge in [0.1, 0.15) is 11.5 Å². The number of hydrogen-bond donors (Lipinski definition) is 1. The van der Waals surface area contributed by atoms with Crippen molar-refractivity contribution in [3.05, 3.63) is 64.2 Å². The molecule has 0 radical (unpaired) electrons. The minimum atomic E-state index is 0.108. The van der Waals surface area contributed by atoms with Gasteiger partial charge in [-0.05, 0) is 29.3 Å². The lowest BCUT2D eigenvalue weighted by atomic mass is 9.98. The van der Waals surface area contributed by atoms with Crippen LogP contribution in [0.1, 0.15) is 16.7 Å². The molecule has 0 amide bonds. The number of nitrogens with two attached hydrogens (primary N) is 1. The monoisotopic (exact) mass is 303 g/mol. The molecule has 0 saturated carbocycles. The van der Waals surface area contributed by atoms with E-state index in [1.54, 1.807) is 25.3 Å². The zero-order chi connectivity index (χ0) is 15.2. The van der Waals surface area contributed by atoms with Gasteiger partial charge in [0.15, 0.2) is 0 Å². The number of methoxy groups -OCH3 is 1. The van der Waals surface area contributed by atoms with Gasteiger partial charge in [-0.25, -0.2) is 0 Å². The maximum atomic E-state index is 12.3. The Kier molecular flexibility index (Phi) is 5.37. The fourth-order valence-electron chi connectivity index (χ4n) is 2.30. The third-order valence-electron chi connectivity index (χ3n) is 3.36. The molecule has 0 aliphatic heterocycles. The molecule has 2 rings (SSSR count). The molecule has 0 spiro atoms. The van der Waals surface area contributed by atoms with Crippen LogP contribution in [0.2, 0.25) is 5.02 Å². The summed E-state index contributed by atoms with van der Waals surface area (Å²) < 4.78 is 5.27. The molecule has 3 nitrogen and oxygen atoms in total.